The lowest BCUT2D eigenvalue weighted by atomic mass is 10.0. The molecule has 2 aliphatic rings. The fourth-order valence-corrected chi connectivity index (χ4v) is 2.44. The lowest BCUT2D eigenvalue weighted by Crippen LogP contribution is -2.39. The Morgan fingerprint density at radius 3 is 3.17 bits per heavy atom. The van der Waals surface area contributed by atoms with Gasteiger partial charge in [0.1, 0.15) is 0 Å². The molecule has 66 valence electrons. The number of nitrogens with one attached hydrogen (secondary N) is 1. The Morgan fingerprint density at radius 2 is 2.42 bits per heavy atom. The van der Waals surface area contributed by atoms with E-state index in [0.717, 1.165) is 25.6 Å². The molecule has 0 aromatic carbocycles. The first-order valence-electron chi connectivity index (χ1n) is 4.69. The summed E-state index contributed by atoms with van der Waals surface area (Å²) in [5, 5.41) is 12.2. The monoisotopic (exact) mass is 165 g/mol. The summed E-state index contributed by atoms with van der Waals surface area (Å²) in [4.78, 5) is 2.34. The van der Waals surface area contributed by atoms with E-state index < -0.39 is 0 Å². The predicted molar refractivity (Wildman–Crippen MR) is 46.5 cm³/mol. The van der Waals surface area contributed by atoms with Crippen LogP contribution < -0.4 is 5.32 Å². The third kappa shape index (κ3) is 1.12. The minimum Gasteiger partial charge on any atom is -0.315 e. The number of hydrogen-bond donors (Lipinski definition) is 1. The molecule has 2 heterocycles. The van der Waals surface area contributed by atoms with Crippen LogP contribution in [0.3, 0.4) is 0 Å². The highest BCUT2D eigenvalue weighted by Gasteiger charge is 2.39. The topological polar surface area (TPSA) is 39.1 Å². The van der Waals surface area contributed by atoms with Gasteiger partial charge >= 0.3 is 0 Å². The summed E-state index contributed by atoms with van der Waals surface area (Å²) in [6, 6.07) is 3.05. The second-order valence-corrected chi connectivity index (χ2v) is 3.82. The number of hydrogen-bond acceptors (Lipinski definition) is 3. The van der Waals surface area contributed by atoms with Gasteiger partial charge in [-0.15, -0.1) is 0 Å². The quantitative estimate of drug-likeness (QED) is 0.603. The zero-order chi connectivity index (χ0) is 8.55. The summed E-state index contributed by atoms with van der Waals surface area (Å²) in [6.45, 7) is 5.35. The van der Waals surface area contributed by atoms with E-state index in [0.29, 0.717) is 6.04 Å². The minimum atomic E-state index is 0.0971. The van der Waals surface area contributed by atoms with Crippen molar-refractivity contribution in [2.75, 3.05) is 19.6 Å². The van der Waals surface area contributed by atoms with Crippen LogP contribution in [0.5, 0.6) is 0 Å². The summed E-state index contributed by atoms with van der Waals surface area (Å²) in [6.07, 6.45) is 1.27. The Labute approximate surface area is 73.3 Å². The van der Waals surface area contributed by atoms with Crippen LogP contribution in [-0.2, 0) is 0 Å². The second kappa shape index (κ2) is 3.04. The SMILES string of the molecule is CC(C#N)N1CC[C@@H]2CNC[C@@H]21. The summed E-state index contributed by atoms with van der Waals surface area (Å²) in [5.41, 5.74) is 0. The molecule has 3 nitrogen and oxygen atoms in total. The van der Waals surface area contributed by atoms with Crippen LogP contribution in [0.4, 0.5) is 0 Å². The van der Waals surface area contributed by atoms with E-state index in [1.54, 1.807) is 0 Å². The highest BCUT2D eigenvalue weighted by Crippen LogP contribution is 2.28. The Bertz CT molecular complexity index is 208. The van der Waals surface area contributed by atoms with Crippen molar-refractivity contribution in [3.8, 4) is 6.07 Å². The predicted octanol–water partition coefficient (Wildman–Crippen LogP) is 0.192. The van der Waals surface area contributed by atoms with E-state index >= 15 is 0 Å². The van der Waals surface area contributed by atoms with E-state index in [2.05, 4.69) is 16.3 Å². The van der Waals surface area contributed by atoms with Gasteiger partial charge in [-0.2, -0.15) is 5.26 Å². The first kappa shape index (κ1) is 8.03. The van der Waals surface area contributed by atoms with Crippen molar-refractivity contribution in [3.63, 3.8) is 0 Å². The molecule has 1 unspecified atom stereocenters. The van der Waals surface area contributed by atoms with E-state index in [1.807, 2.05) is 6.92 Å². The molecule has 3 atom stereocenters. The van der Waals surface area contributed by atoms with Crippen molar-refractivity contribution in [1.82, 2.24) is 10.2 Å². The third-order valence-corrected chi connectivity index (χ3v) is 3.17. The summed E-state index contributed by atoms with van der Waals surface area (Å²) < 4.78 is 0. The highest BCUT2D eigenvalue weighted by atomic mass is 15.2. The first-order chi connectivity index (χ1) is 5.83. The van der Waals surface area contributed by atoms with Crippen LogP contribution >= 0.6 is 0 Å². The van der Waals surface area contributed by atoms with Crippen LogP contribution in [0.1, 0.15) is 13.3 Å². The van der Waals surface area contributed by atoms with Crippen LogP contribution in [0.25, 0.3) is 0 Å². The van der Waals surface area contributed by atoms with Gasteiger partial charge in [-0.25, -0.2) is 0 Å². The molecule has 0 aromatic heterocycles. The molecule has 0 aromatic rings. The van der Waals surface area contributed by atoms with E-state index in [9.17, 15) is 0 Å². The van der Waals surface area contributed by atoms with Crippen LogP contribution in [0.15, 0.2) is 0 Å². The average Bonchev–Trinajstić information content (AvgIpc) is 2.62. The molecule has 0 amide bonds. The van der Waals surface area contributed by atoms with Gasteiger partial charge in [-0.05, 0) is 25.8 Å². The van der Waals surface area contributed by atoms with Crippen molar-refractivity contribution in [3.05, 3.63) is 0 Å². The Balaban J connectivity index is 2.05. The van der Waals surface area contributed by atoms with Gasteiger partial charge in [-0.1, -0.05) is 0 Å². The fraction of sp³-hybridized carbons (Fsp3) is 0.889. The van der Waals surface area contributed by atoms with Crippen molar-refractivity contribution in [2.24, 2.45) is 5.92 Å². The standard InChI is InChI=1S/C9H15N3/c1-7(4-10)12-3-2-8-5-11-6-9(8)12/h7-9,11H,2-3,5-6H2,1H3/t7?,8-,9+/m1/s1. The zero-order valence-corrected chi connectivity index (χ0v) is 7.45. The molecule has 0 aliphatic carbocycles. The minimum absolute atomic E-state index is 0.0971. The molecule has 2 saturated heterocycles. The van der Waals surface area contributed by atoms with Crippen molar-refractivity contribution < 1.29 is 0 Å². The maximum atomic E-state index is 8.80. The number of fused-ring (bicyclic) bond motifs is 1. The van der Waals surface area contributed by atoms with Crippen molar-refractivity contribution >= 4 is 0 Å². The van der Waals surface area contributed by atoms with Gasteiger partial charge in [0.05, 0.1) is 12.1 Å². The number of nitriles is 1. The Hall–Kier alpha value is -0.590. The van der Waals surface area contributed by atoms with E-state index in [1.165, 1.54) is 6.42 Å². The maximum Gasteiger partial charge on any atom is 0.0952 e. The second-order valence-electron chi connectivity index (χ2n) is 3.82. The lowest BCUT2D eigenvalue weighted by Gasteiger charge is -2.24. The zero-order valence-electron chi connectivity index (χ0n) is 7.45. The van der Waals surface area contributed by atoms with Crippen LogP contribution in [0, 0.1) is 17.2 Å². The molecule has 3 heteroatoms. The highest BCUT2D eigenvalue weighted by molar-refractivity contribution is 5.01. The largest absolute Gasteiger partial charge is 0.315 e. The number of rotatable bonds is 1. The number of likely N-dealkylation sites (tertiary alicyclic amines) is 1. The van der Waals surface area contributed by atoms with Crippen LogP contribution in [-0.4, -0.2) is 36.6 Å². The third-order valence-electron chi connectivity index (χ3n) is 3.17. The first-order valence-corrected chi connectivity index (χ1v) is 4.69. The molecular formula is C9H15N3. The van der Waals surface area contributed by atoms with Gasteiger partial charge < -0.3 is 5.32 Å². The number of nitrogens with zero attached hydrogens (tertiary/aromatic N) is 2. The Kier molecular flexibility index (Phi) is 2.03. The van der Waals surface area contributed by atoms with Gasteiger partial charge in [0.2, 0.25) is 0 Å². The summed E-state index contributed by atoms with van der Waals surface area (Å²) in [5.74, 6) is 0.806. The molecule has 1 N–H and O–H groups in total. The van der Waals surface area contributed by atoms with Gasteiger partial charge in [-0.3, -0.25) is 4.90 Å². The summed E-state index contributed by atoms with van der Waals surface area (Å²) in [7, 11) is 0. The van der Waals surface area contributed by atoms with Crippen molar-refractivity contribution in [2.45, 2.75) is 25.4 Å². The Morgan fingerprint density at radius 1 is 1.58 bits per heavy atom. The smallest absolute Gasteiger partial charge is 0.0952 e. The van der Waals surface area contributed by atoms with Gasteiger partial charge in [0.15, 0.2) is 0 Å². The molecular weight excluding hydrogens is 150 g/mol. The molecule has 0 radical (unpaired) electrons. The van der Waals surface area contributed by atoms with E-state index in [4.69, 9.17) is 5.26 Å². The lowest BCUT2D eigenvalue weighted by molar-refractivity contribution is 0.225. The average molecular weight is 165 g/mol. The fourth-order valence-electron chi connectivity index (χ4n) is 2.44. The van der Waals surface area contributed by atoms with E-state index in [-0.39, 0.29) is 6.04 Å². The van der Waals surface area contributed by atoms with Gasteiger partial charge in [0, 0.05) is 19.1 Å². The molecule has 2 rings (SSSR count). The van der Waals surface area contributed by atoms with Gasteiger partial charge in [0.25, 0.3) is 0 Å². The molecule has 0 spiro atoms. The molecule has 0 bridgehead atoms. The molecule has 0 saturated carbocycles. The normalized spacial score (nSPS) is 37.7. The summed E-state index contributed by atoms with van der Waals surface area (Å²) >= 11 is 0. The molecule has 12 heavy (non-hydrogen) atoms. The molecule has 2 aliphatic heterocycles. The maximum absolute atomic E-state index is 8.80. The van der Waals surface area contributed by atoms with Crippen LogP contribution in [0.2, 0.25) is 0 Å². The van der Waals surface area contributed by atoms with Crippen molar-refractivity contribution in [1.29, 1.82) is 5.26 Å². The molecule has 2 fully saturated rings.